The van der Waals surface area contributed by atoms with E-state index in [1.54, 1.807) is 57.2 Å². The summed E-state index contributed by atoms with van der Waals surface area (Å²) in [5, 5.41) is 0. The standard InChI is InChI=1S/3C7H8O3S.C7H8.C2H6.3CH4/c2*1-6-3-2-4-7(5-6)11(8,9)10;1-6-4-2-3-5-7(6)11(8,9)10;1-7-5-3-2-4-6-7;1-2;;;/h3*2-5H,1H3,(H,8,9,10);2-6H,1H3;1-2H3;3*1H4/p-3. The summed E-state index contributed by atoms with van der Waals surface area (Å²) in [4.78, 5) is -0.477. The van der Waals surface area contributed by atoms with Crippen molar-refractivity contribution in [3.05, 3.63) is 125 Å². The third-order valence-electron chi connectivity index (χ3n) is 4.86. The van der Waals surface area contributed by atoms with Gasteiger partial charge in [0.25, 0.3) is 0 Å². The van der Waals surface area contributed by atoms with Crippen molar-refractivity contribution in [2.45, 2.75) is 78.5 Å². The molecule has 0 aliphatic heterocycles. The summed E-state index contributed by atoms with van der Waals surface area (Å²) in [6.07, 6.45) is 0. The normalized spacial score (nSPS) is 9.89. The third kappa shape index (κ3) is 21.1. The molecule has 254 valence electrons. The van der Waals surface area contributed by atoms with Crippen molar-refractivity contribution in [3.8, 4) is 0 Å². The fourth-order valence-corrected chi connectivity index (χ4v) is 4.77. The van der Waals surface area contributed by atoms with Crippen molar-refractivity contribution >= 4 is 30.4 Å². The lowest BCUT2D eigenvalue weighted by Gasteiger charge is -2.08. The SMILES string of the molecule is C.C.C.CC.Cc1cccc(S(=O)(=O)[O-])c1.Cc1cccc(S(=O)(=O)[O-])c1.Cc1ccccc1.Cc1ccccc1S(=O)(=O)[O-]. The molecule has 0 heterocycles. The summed E-state index contributed by atoms with van der Waals surface area (Å²) in [6.45, 7) is 11.1. The van der Waals surface area contributed by atoms with Gasteiger partial charge in [-0.15, -0.1) is 0 Å². The van der Waals surface area contributed by atoms with Gasteiger partial charge in [-0.1, -0.05) is 114 Å². The molecule has 0 radical (unpaired) electrons. The molecule has 0 fully saturated rings. The molecule has 0 amide bonds. The maximum Gasteiger partial charge on any atom is 0.124 e. The van der Waals surface area contributed by atoms with Crippen molar-refractivity contribution in [1.29, 1.82) is 0 Å². The van der Waals surface area contributed by atoms with E-state index >= 15 is 0 Å². The Hall–Kier alpha value is -3.39. The van der Waals surface area contributed by atoms with Crippen molar-refractivity contribution < 1.29 is 38.9 Å². The number of hydrogen-bond donors (Lipinski definition) is 0. The fraction of sp³-hybridized carbons (Fsp3) is 0.273. The van der Waals surface area contributed by atoms with Crippen LogP contribution in [0.25, 0.3) is 0 Å². The second-order valence-electron chi connectivity index (χ2n) is 8.42. The summed E-state index contributed by atoms with van der Waals surface area (Å²) in [5.41, 5.74) is 3.34. The number of aryl methyl sites for hydroxylation is 4. The van der Waals surface area contributed by atoms with Crippen LogP contribution in [0.15, 0.2) is 118 Å². The molecular weight excluding hydrogens is 637 g/mol. The quantitative estimate of drug-likeness (QED) is 0.197. The molecule has 4 aromatic rings. The first-order valence-electron chi connectivity index (χ1n) is 12.5. The van der Waals surface area contributed by atoms with E-state index in [4.69, 9.17) is 0 Å². The Morgan fingerprint density at radius 3 is 0.978 bits per heavy atom. The van der Waals surface area contributed by atoms with E-state index in [-0.39, 0.29) is 37.0 Å². The van der Waals surface area contributed by atoms with E-state index in [1.807, 2.05) is 32.0 Å². The average Bonchev–Trinajstić information content (AvgIpc) is 2.90. The van der Waals surface area contributed by atoms with Crippen LogP contribution in [0.3, 0.4) is 0 Å². The smallest absolute Gasteiger partial charge is 0.124 e. The monoisotopic (exact) mass is 683 g/mol. The Kier molecular flexibility index (Phi) is 24.8. The van der Waals surface area contributed by atoms with Crippen LogP contribution in [-0.2, 0) is 30.4 Å². The molecule has 9 nitrogen and oxygen atoms in total. The fourth-order valence-electron chi connectivity index (χ4n) is 2.91. The number of benzene rings is 4. The molecule has 0 saturated carbocycles. The Labute approximate surface area is 272 Å². The minimum atomic E-state index is -4.28. The lowest BCUT2D eigenvalue weighted by atomic mass is 10.2. The molecule has 0 aliphatic carbocycles. The maximum atomic E-state index is 10.5. The number of hydrogen-bond acceptors (Lipinski definition) is 9. The lowest BCUT2D eigenvalue weighted by molar-refractivity contribution is 0.460. The number of rotatable bonds is 3. The van der Waals surface area contributed by atoms with Crippen molar-refractivity contribution in [1.82, 2.24) is 0 Å². The first kappa shape index (κ1) is 48.5. The van der Waals surface area contributed by atoms with E-state index < -0.39 is 30.4 Å². The maximum absolute atomic E-state index is 10.5. The van der Waals surface area contributed by atoms with Crippen molar-refractivity contribution in [3.63, 3.8) is 0 Å². The zero-order valence-electron chi connectivity index (χ0n) is 24.2. The van der Waals surface area contributed by atoms with Crippen LogP contribution in [0.1, 0.15) is 58.4 Å². The molecule has 0 N–H and O–H groups in total. The molecule has 0 atom stereocenters. The third-order valence-corrected chi connectivity index (χ3v) is 7.52. The van der Waals surface area contributed by atoms with E-state index in [1.165, 1.54) is 42.0 Å². The zero-order chi connectivity index (χ0) is 32.6. The van der Waals surface area contributed by atoms with Gasteiger partial charge in [-0.2, -0.15) is 0 Å². The molecule has 0 bridgehead atoms. The van der Waals surface area contributed by atoms with Gasteiger partial charge < -0.3 is 13.7 Å². The zero-order valence-corrected chi connectivity index (χ0v) is 26.7. The van der Waals surface area contributed by atoms with Crippen molar-refractivity contribution in [2.24, 2.45) is 0 Å². The highest BCUT2D eigenvalue weighted by Gasteiger charge is 2.02. The molecule has 4 rings (SSSR count). The Bertz CT molecular complexity index is 1630. The summed E-state index contributed by atoms with van der Waals surface area (Å²) < 4.78 is 94.1. The molecule has 0 unspecified atom stereocenters. The van der Waals surface area contributed by atoms with E-state index in [0.717, 1.165) is 11.1 Å². The van der Waals surface area contributed by atoms with Gasteiger partial charge in [0.15, 0.2) is 0 Å². The predicted molar refractivity (Wildman–Crippen MR) is 180 cm³/mol. The molecular formula is C33H47O9S3-3. The van der Waals surface area contributed by atoms with Gasteiger partial charge in [0, 0.05) is 0 Å². The van der Waals surface area contributed by atoms with E-state index in [0.29, 0.717) is 5.56 Å². The molecule has 0 aliphatic rings. The van der Waals surface area contributed by atoms with Crippen molar-refractivity contribution in [2.75, 3.05) is 0 Å². The predicted octanol–water partition coefficient (Wildman–Crippen LogP) is 7.63. The van der Waals surface area contributed by atoms with Crippen LogP contribution in [0.2, 0.25) is 0 Å². The van der Waals surface area contributed by atoms with Gasteiger partial charge in [0.05, 0.1) is 14.7 Å². The Balaban J connectivity index is -0.000000242. The molecule has 45 heavy (non-hydrogen) atoms. The molecule has 4 aromatic carbocycles. The highest BCUT2D eigenvalue weighted by Crippen LogP contribution is 2.13. The van der Waals surface area contributed by atoms with Gasteiger partial charge in [-0.25, -0.2) is 25.3 Å². The van der Waals surface area contributed by atoms with Crippen LogP contribution in [-0.4, -0.2) is 38.9 Å². The first-order valence-corrected chi connectivity index (χ1v) is 16.7. The van der Waals surface area contributed by atoms with Crippen LogP contribution in [0.4, 0.5) is 0 Å². The van der Waals surface area contributed by atoms with Gasteiger partial charge in [-0.05, 0) is 74.7 Å². The van der Waals surface area contributed by atoms with Gasteiger partial charge in [-0.3, -0.25) is 0 Å². The highest BCUT2D eigenvalue weighted by atomic mass is 32.2. The Morgan fingerprint density at radius 1 is 0.422 bits per heavy atom. The van der Waals surface area contributed by atoms with Crippen LogP contribution >= 0.6 is 0 Å². The average molecular weight is 684 g/mol. The van der Waals surface area contributed by atoms with E-state index in [2.05, 4.69) is 19.1 Å². The minimum absolute atomic E-state index is 0. The molecule has 0 saturated heterocycles. The van der Waals surface area contributed by atoms with Gasteiger partial charge in [0.1, 0.15) is 30.4 Å². The topological polar surface area (TPSA) is 172 Å². The first-order chi connectivity index (χ1) is 19.4. The summed E-state index contributed by atoms with van der Waals surface area (Å²) >= 11 is 0. The van der Waals surface area contributed by atoms with E-state index in [9.17, 15) is 38.9 Å². The van der Waals surface area contributed by atoms with Crippen LogP contribution in [0, 0.1) is 27.7 Å². The van der Waals surface area contributed by atoms with Crippen LogP contribution in [0.5, 0.6) is 0 Å². The minimum Gasteiger partial charge on any atom is -0.744 e. The van der Waals surface area contributed by atoms with Gasteiger partial charge >= 0.3 is 0 Å². The molecule has 0 aromatic heterocycles. The van der Waals surface area contributed by atoms with Gasteiger partial charge in [0.2, 0.25) is 0 Å². The second-order valence-corrected chi connectivity index (χ2v) is 12.5. The molecule has 12 heteroatoms. The second kappa shape index (κ2) is 23.0. The summed E-state index contributed by atoms with van der Waals surface area (Å²) in [7, 11) is -12.8. The highest BCUT2D eigenvalue weighted by molar-refractivity contribution is 7.86. The lowest BCUT2D eigenvalue weighted by Crippen LogP contribution is -2.00. The largest absolute Gasteiger partial charge is 0.744 e. The van der Waals surface area contributed by atoms with Crippen LogP contribution < -0.4 is 0 Å². The summed E-state index contributed by atoms with van der Waals surface area (Å²) in [6, 6.07) is 28.2. The summed E-state index contributed by atoms with van der Waals surface area (Å²) in [5.74, 6) is 0. The Morgan fingerprint density at radius 2 is 0.756 bits per heavy atom. The molecule has 0 spiro atoms.